The van der Waals surface area contributed by atoms with Crippen LogP contribution in [0.25, 0.3) is 0 Å². The number of hydrogen-bond donors (Lipinski definition) is 1. The van der Waals surface area contributed by atoms with Crippen molar-refractivity contribution in [1.82, 2.24) is 5.32 Å². The molecule has 0 radical (unpaired) electrons. The van der Waals surface area contributed by atoms with E-state index >= 15 is 0 Å². The van der Waals surface area contributed by atoms with Crippen molar-refractivity contribution in [2.75, 3.05) is 13.1 Å². The molecule has 0 bridgehead atoms. The fraction of sp³-hybridized carbons (Fsp3) is 0.434. The van der Waals surface area contributed by atoms with Gasteiger partial charge in [0.15, 0.2) is 11.6 Å². The maximum absolute atomic E-state index is 13.9. The number of ether oxygens (including phenoxy) is 1. The summed E-state index contributed by atoms with van der Waals surface area (Å²) in [5.74, 6) is 6.37. The summed E-state index contributed by atoms with van der Waals surface area (Å²) < 4.78 is 5.25. The van der Waals surface area contributed by atoms with Crippen LogP contribution >= 0.6 is 0 Å². The molecule has 1 heterocycles. The first-order valence-electron chi connectivity index (χ1n) is 20.8. The zero-order chi connectivity index (χ0) is 44.6. The lowest BCUT2D eigenvalue weighted by Gasteiger charge is -2.22. The van der Waals surface area contributed by atoms with E-state index in [-0.39, 0.29) is 18.1 Å². The van der Waals surface area contributed by atoms with Crippen molar-refractivity contribution in [3.63, 3.8) is 0 Å². The van der Waals surface area contributed by atoms with Crippen LogP contribution in [0.3, 0.4) is 0 Å². The Morgan fingerprint density at radius 3 is 1.61 bits per heavy atom. The second-order valence-electron chi connectivity index (χ2n) is 17.6. The lowest BCUT2D eigenvalue weighted by atomic mass is 9.82. The van der Waals surface area contributed by atoms with Gasteiger partial charge in [-0.3, -0.25) is 14.6 Å². The van der Waals surface area contributed by atoms with E-state index in [0.717, 1.165) is 66.9 Å². The molecule has 0 aliphatic carbocycles. The highest BCUT2D eigenvalue weighted by atomic mass is 16.6. The predicted molar refractivity (Wildman–Crippen MR) is 246 cm³/mol. The van der Waals surface area contributed by atoms with Crippen LogP contribution in [0.1, 0.15) is 159 Å². The maximum Gasteiger partial charge on any atom is 0.408 e. The van der Waals surface area contributed by atoms with E-state index in [1.165, 1.54) is 50.1 Å². The Morgan fingerprint density at radius 2 is 1.08 bits per heavy atom. The van der Waals surface area contributed by atoms with E-state index in [9.17, 15) is 14.4 Å². The number of benzene rings is 4. The third-order valence-corrected chi connectivity index (χ3v) is 13.1. The summed E-state index contributed by atoms with van der Waals surface area (Å²) in [5, 5.41) is 2.65. The largest absolute Gasteiger partial charge is 0.444 e. The van der Waals surface area contributed by atoms with Gasteiger partial charge < -0.3 is 10.1 Å². The number of Topliss-reactive ketones (excluding diaryl/α,β-unsaturated/α-hetero) is 1. The van der Waals surface area contributed by atoms with Gasteiger partial charge in [-0.25, -0.2) is 4.79 Å². The SMILES string of the molecule is Cc1cc(C(=O)c2c(C)c(C)c(C)c(C)c2C)c(C#CCNC(=O)OC(C)(C)C)c(C)c1C.Cc1cc2c(c(C)c1C)C(=O)CCN=C2c1c(C)c(C)c(C)c(C)c1C. The third-order valence-electron chi connectivity index (χ3n) is 13.1. The van der Waals surface area contributed by atoms with Crippen LogP contribution in [-0.4, -0.2) is 42.1 Å². The topological polar surface area (TPSA) is 84.8 Å². The highest BCUT2D eigenvalue weighted by molar-refractivity contribution is 6.21. The average molecular weight is 795 g/mol. The molecule has 1 N–H and O–H groups in total. The third kappa shape index (κ3) is 9.31. The van der Waals surface area contributed by atoms with Crippen molar-refractivity contribution < 1.29 is 19.1 Å². The lowest BCUT2D eigenvalue weighted by molar-refractivity contribution is 0.0534. The Morgan fingerprint density at radius 1 is 0.627 bits per heavy atom. The summed E-state index contributed by atoms with van der Waals surface area (Å²) in [4.78, 5) is 43.6. The second kappa shape index (κ2) is 17.9. The van der Waals surface area contributed by atoms with E-state index in [4.69, 9.17) is 9.73 Å². The van der Waals surface area contributed by atoms with Gasteiger partial charge in [0.1, 0.15) is 5.60 Å². The molecule has 5 rings (SSSR count). The molecule has 0 saturated carbocycles. The van der Waals surface area contributed by atoms with E-state index in [1.807, 2.05) is 61.5 Å². The van der Waals surface area contributed by atoms with Crippen LogP contribution in [0, 0.1) is 123 Å². The van der Waals surface area contributed by atoms with Crippen molar-refractivity contribution in [2.24, 2.45) is 4.99 Å². The van der Waals surface area contributed by atoms with Crippen molar-refractivity contribution >= 4 is 23.4 Å². The highest BCUT2D eigenvalue weighted by Crippen LogP contribution is 2.34. The summed E-state index contributed by atoms with van der Waals surface area (Å²) in [6.45, 7) is 39.7. The molecule has 0 atom stereocenters. The number of rotatable bonds is 4. The van der Waals surface area contributed by atoms with Gasteiger partial charge in [0.2, 0.25) is 0 Å². The van der Waals surface area contributed by atoms with Crippen LogP contribution in [-0.2, 0) is 4.74 Å². The molecule has 4 aromatic carbocycles. The molecular weight excluding hydrogens is 729 g/mol. The molecule has 6 nitrogen and oxygen atoms in total. The minimum atomic E-state index is -0.568. The minimum absolute atomic E-state index is 0.00759. The van der Waals surface area contributed by atoms with Crippen molar-refractivity contribution in [3.8, 4) is 11.8 Å². The molecule has 1 aliphatic rings. The van der Waals surface area contributed by atoms with Crippen LogP contribution in [0.2, 0.25) is 0 Å². The minimum Gasteiger partial charge on any atom is -0.444 e. The summed E-state index contributed by atoms with van der Waals surface area (Å²) in [6.07, 6.45) is -0.0244. The van der Waals surface area contributed by atoms with Gasteiger partial charge in [0.05, 0.1) is 12.3 Å². The first kappa shape index (κ1) is 46.4. The first-order valence-corrected chi connectivity index (χ1v) is 20.8. The summed E-state index contributed by atoms with van der Waals surface area (Å²) >= 11 is 0. The molecule has 312 valence electrons. The van der Waals surface area contributed by atoms with Gasteiger partial charge in [-0.1, -0.05) is 11.8 Å². The Bertz CT molecular complexity index is 2450. The molecular formula is C53H66N2O4. The van der Waals surface area contributed by atoms with E-state index < -0.39 is 11.7 Å². The number of fused-ring (bicyclic) bond motifs is 1. The molecule has 4 aromatic rings. The van der Waals surface area contributed by atoms with Gasteiger partial charge in [-0.05, 0) is 233 Å². The number of nitrogens with one attached hydrogen (secondary N) is 1. The fourth-order valence-corrected chi connectivity index (χ4v) is 8.14. The van der Waals surface area contributed by atoms with Crippen molar-refractivity contribution in [3.05, 3.63) is 135 Å². The zero-order valence-corrected chi connectivity index (χ0v) is 39.4. The number of carbonyl (C=O) groups excluding carboxylic acids is 3. The van der Waals surface area contributed by atoms with Crippen molar-refractivity contribution in [1.29, 1.82) is 0 Å². The molecule has 59 heavy (non-hydrogen) atoms. The first-order chi connectivity index (χ1) is 27.3. The lowest BCUT2D eigenvalue weighted by Crippen LogP contribution is -2.32. The van der Waals surface area contributed by atoms with Gasteiger partial charge in [-0.15, -0.1) is 0 Å². The molecule has 0 saturated heterocycles. The van der Waals surface area contributed by atoms with E-state index in [0.29, 0.717) is 24.1 Å². The number of alkyl carbamates (subject to hydrolysis) is 1. The smallest absolute Gasteiger partial charge is 0.408 e. The molecule has 1 aliphatic heterocycles. The average Bonchev–Trinajstić information content (AvgIpc) is 3.32. The predicted octanol–water partition coefficient (Wildman–Crippen LogP) is 11.8. The highest BCUT2D eigenvalue weighted by Gasteiger charge is 2.27. The summed E-state index contributed by atoms with van der Waals surface area (Å²) in [6, 6.07) is 4.11. The van der Waals surface area contributed by atoms with Crippen LogP contribution < -0.4 is 5.32 Å². The van der Waals surface area contributed by atoms with Gasteiger partial charge in [0.25, 0.3) is 0 Å². The molecule has 0 unspecified atom stereocenters. The molecule has 1 amide bonds. The van der Waals surface area contributed by atoms with Gasteiger partial charge in [0, 0.05) is 46.3 Å². The summed E-state index contributed by atoms with van der Waals surface area (Å²) in [5.41, 5.74) is 24.4. The second-order valence-corrected chi connectivity index (χ2v) is 17.6. The standard InChI is InChI=1S/C29H37NO3.C24H29NO/c1-16-15-25(27(31)26-22(7)19(4)18(3)20(5)23(26)8)24(21(6)17(16)2)13-12-14-30-28(32)33-29(9,10)11;1-12-11-20-23(17(6)13(12)2)21(26)9-10-25-24(20)22-18(7)15(4)14(3)16(5)19(22)8/h15H,14H2,1-11H3,(H,30,32);11H,9-10H2,1-8H3. The van der Waals surface area contributed by atoms with Crippen molar-refractivity contribution in [2.45, 2.75) is 144 Å². The van der Waals surface area contributed by atoms with Crippen LogP contribution in [0.4, 0.5) is 4.79 Å². The Kier molecular flexibility index (Phi) is 14.1. The number of ketones is 2. The number of carbonyl (C=O) groups is 3. The number of amides is 1. The molecule has 0 fully saturated rings. The van der Waals surface area contributed by atoms with E-state index in [1.54, 1.807) is 0 Å². The number of aryl methyl sites for hydroxylation is 2. The van der Waals surface area contributed by atoms with Crippen LogP contribution in [0.5, 0.6) is 0 Å². The Balaban J connectivity index is 0.000000267. The number of hydrogen-bond acceptors (Lipinski definition) is 5. The van der Waals surface area contributed by atoms with Crippen LogP contribution in [0.15, 0.2) is 17.1 Å². The maximum atomic E-state index is 13.9. The Labute approximate surface area is 354 Å². The van der Waals surface area contributed by atoms with Gasteiger partial charge >= 0.3 is 6.09 Å². The molecule has 6 heteroatoms. The van der Waals surface area contributed by atoms with Gasteiger partial charge in [-0.2, -0.15) is 0 Å². The fourth-order valence-electron chi connectivity index (χ4n) is 8.14. The molecule has 0 spiro atoms. The monoisotopic (exact) mass is 795 g/mol. The Hall–Kier alpha value is -5.28. The van der Waals surface area contributed by atoms with E-state index in [2.05, 4.69) is 99.4 Å². The number of nitrogens with zero attached hydrogens (tertiary/aromatic N) is 1. The number of aliphatic imine (C=N–C) groups is 1. The summed E-state index contributed by atoms with van der Waals surface area (Å²) in [7, 11) is 0. The zero-order valence-electron chi connectivity index (χ0n) is 39.4. The quantitative estimate of drug-likeness (QED) is 0.165. The molecule has 0 aromatic heterocycles. The normalized spacial score (nSPS) is 12.4.